The van der Waals surface area contributed by atoms with Crippen LogP contribution in [0.25, 0.3) is 0 Å². The number of benzene rings is 1. The molecule has 1 aromatic carbocycles. The molecule has 0 unspecified atom stereocenters. The molecule has 11 heteroatoms. The molecule has 5 N–H and O–H groups in total. The van der Waals surface area contributed by atoms with Crippen molar-refractivity contribution in [3.8, 4) is 6.07 Å². The number of rotatable bonds is 5. The smallest absolute Gasteiger partial charge is 0.254 e. The van der Waals surface area contributed by atoms with Crippen LogP contribution in [0, 0.1) is 52.8 Å². The Labute approximate surface area is 312 Å². The van der Waals surface area contributed by atoms with Crippen molar-refractivity contribution in [2.24, 2.45) is 34.5 Å². The largest absolute Gasteiger partial charge is 0.398 e. The summed E-state index contributed by atoms with van der Waals surface area (Å²) in [6.45, 7) is 8.01. The van der Waals surface area contributed by atoms with Gasteiger partial charge in [0.25, 0.3) is 5.91 Å². The maximum Gasteiger partial charge on any atom is 0.254 e. The number of halogens is 1. The van der Waals surface area contributed by atoms with Crippen LogP contribution in [-0.2, 0) is 21.7 Å². The molecule has 0 radical (unpaired) electrons. The summed E-state index contributed by atoms with van der Waals surface area (Å²) >= 11 is 0. The molecule has 1 amide bonds. The number of nitrogens with zero attached hydrogens (tertiary/aromatic N) is 3. The molecule has 2 heterocycles. The van der Waals surface area contributed by atoms with Gasteiger partial charge in [0.05, 0.1) is 17.4 Å². The van der Waals surface area contributed by atoms with Gasteiger partial charge in [0.2, 0.25) is 0 Å². The number of nitrogen functional groups attached to an aromatic ring is 1. The lowest BCUT2D eigenvalue weighted by Gasteiger charge is -2.60. The van der Waals surface area contributed by atoms with Gasteiger partial charge in [-0.15, -0.1) is 0 Å². The van der Waals surface area contributed by atoms with Crippen LogP contribution in [0.1, 0.15) is 118 Å². The normalized spacial score (nSPS) is 34.4. The minimum absolute atomic E-state index is 0.0154. The molecule has 4 saturated carbocycles. The number of aromatic nitrogens is 1. The number of hydrogen-bond acceptors (Lipinski definition) is 9. The second-order valence-electron chi connectivity index (χ2n) is 17.0. The number of fused-ring (bicyclic) bond motifs is 5. The Kier molecular flexibility index (Phi) is 10.7. The molecule has 286 valence electrons. The molecule has 1 aliphatic heterocycles. The average molecular weight is 731 g/mol. The highest BCUT2D eigenvalue weighted by molar-refractivity contribution is 5.97. The van der Waals surface area contributed by atoms with E-state index in [1.54, 1.807) is 23.1 Å². The van der Waals surface area contributed by atoms with Crippen molar-refractivity contribution >= 4 is 23.2 Å². The first-order valence-electron chi connectivity index (χ1n) is 19.4. The van der Waals surface area contributed by atoms with Crippen LogP contribution in [0.2, 0.25) is 0 Å². The van der Waals surface area contributed by atoms with Crippen LogP contribution in [0.5, 0.6) is 0 Å². The maximum absolute atomic E-state index is 15.3. The molecule has 7 rings (SSSR count). The predicted molar refractivity (Wildman–Crippen MR) is 197 cm³/mol. The minimum atomic E-state index is -1.58. The fourth-order valence-corrected chi connectivity index (χ4v) is 11.2. The Morgan fingerprint density at radius 3 is 2.43 bits per heavy atom. The first-order chi connectivity index (χ1) is 25.0. The van der Waals surface area contributed by atoms with E-state index in [9.17, 15) is 29.7 Å². The zero-order valence-corrected chi connectivity index (χ0v) is 31.5. The van der Waals surface area contributed by atoms with Crippen LogP contribution in [-0.4, -0.2) is 74.1 Å². The number of aryl methyl sites for hydroxylation is 2. The number of nitriles is 1. The van der Waals surface area contributed by atoms with E-state index in [1.807, 2.05) is 32.9 Å². The summed E-state index contributed by atoms with van der Waals surface area (Å²) in [7, 11) is 0. The highest BCUT2D eigenvalue weighted by Gasteiger charge is 2.68. The number of ketones is 2. The molecule has 4 aliphatic carbocycles. The summed E-state index contributed by atoms with van der Waals surface area (Å²) in [4.78, 5) is 44.4. The molecule has 0 spiro atoms. The third-order valence-corrected chi connectivity index (χ3v) is 14.4. The Morgan fingerprint density at radius 1 is 1.09 bits per heavy atom. The van der Waals surface area contributed by atoms with Crippen LogP contribution in [0.3, 0.4) is 0 Å². The van der Waals surface area contributed by atoms with Crippen LogP contribution >= 0.6 is 0 Å². The second-order valence-corrected chi connectivity index (χ2v) is 17.0. The number of piperidine rings is 1. The predicted octanol–water partition coefficient (Wildman–Crippen LogP) is 5.37. The number of Topliss-reactive ketones (excluding diaryl/α,β-unsaturated/α-hetero) is 2. The highest BCUT2D eigenvalue weighted by atomic mass is 19.1. The van der Waals surface area contributed by atoms with Crippen molar-refractivity contribution in [1.29, 1.82) is 5.26 Å². The number of carbonyl (C=O) groups is 3. The summed E-state index contributed by atoms with van der Waals surface area (Å²) in [5.41, 5.74) is 5.89. The first kappa shape index (κ1) is 39.0. The number of pyridine rings is 1. The number of aliphatic hydroxyl groups excluding tert-OH is 2. The molecule has 1 saturated heterocycles. The van der Waals surface area contributed by atoms with E-state index in [0.717, 1.165) is 56.1 Å². The van der Waals surface area contributed by atoms with E-state index >= 15 is 4.39 Å². The number of hydrogen-bond donors (Lipinski definition) is 4. The lowest BCUT2D eigenvalue weighted by atomic mass is 9.44. The highest BCUT2D eigenvalue weighted by Crippen LogP contribution is 2.67. The number of anilines is 1. The van der Waals surface area contributed by atoms with Crippen LogP contribution in [0.4, 0.5) is 10.1 Å². The van der Waals surface area contributed by atoms with Gasteiger partial charge in [0, 0.05) is 61.1 Å². The quantitative estimate of drug-likeness (QED) is 0.295. The molecule has 1 aromatic heterocycles. The zero-order valence-electron chi connectivity index (χ0n) is 31.5. The molecule has 5 aliphatic rings. The van der Waals surface area contributed by atoms with Crippen LogP contribution < -0.4 is 5.73 Å². The Morgan fingerprint density at radius 2 is 1.81 bits per heavy atom. The van der Waals surface area contributed by atoms with Crippen molar-refractivity contribution in [2.45, 2.75) is 116 Å². The summed E-state index contributed by atoms with van der Waals surface area (Å²) in [5, 5.41) is 39.5. The standard InChI is InChI=1S/C21H23FN4O.C21H32O5/c1-3-16-10-14(2)17(11-18(16)24)20(27)26-8-6-21(22,7-9-26)19-5-4-15(12-23)13-25-19;1-19-7-5-13(23)9-12(19)3-4-14-15-6-8-21(26,17(25)11-22)20(15,2)10-16(24)18(14)19/h4-5,10-11,13H,3,6-9,24H2,1-2H3;12-15,18,22-23,26H,3-11H2,1-2H3/t;12-,13-,14+,15+,18-,19+,20+,21+/m.1/s1. The van der Waals surface area contributed by atoms with E-state index in [-0.39, 0.29) is 60.2 Å². The summed E-state index contributed by atoms with van der Waals surface area (Å²) in [6, 6.07) is 8.79. The summed E-state index contributed by atoms with van der Waals surface area (Å²) in [5.74, 6) is 0.265. The van der Waals surface area contributed by atoms with Gasteiger partial charge in [-0.3, -0.25) is 19.4 Å². The van der Waals surface area contributed by atoms with Crippen molar-refractivity contribution in [1.82, 2.24) is 9.88 Å². The average Bonchev–Trinajstić information content (AvgIpc) is 3.42. The van der Waals surface area contributed by atoms with Gasteiger partial charge < -0.3 is 26.0 Å². The number of nitrogens with two attached hydrogens (primary N) is 1. The van der Waals surface area contributed by atoms with Gasteiger partial charge in [-0.1, -0.05) is 26.8 Å². The molecule has 2 aromatic rings. The number of aliphatic hydroxyl groups is 3. The Bertz CT molecular complexity index is 1790. The lowest BCUT2D eigenvalue weighted by molar-refractivity contribution is -0.180. The first-order valence-corrected chi connectivity index (χ1v) is 19.4. The summed E-state index contributed by atoms with van der Waals surface area (Å²) < 4.78 is 15.3. The van der Waals surface area contributed by atoms with Gasteiger partial charge in [0.15, 0.2) is 11.5 Å². The van der Waals surface area contributed by atoms with Crippen molar-refractivity contribution in [3.05, 3.63) is 58.4 Å². The van der Waals surface area contributed by atoms with Crippen molar-refractivity contribution in [3.63, 3.8) is 0 Å². The van der Waals surface area contributed by atoms with Gasteiger partial charge in [-0.2, -0.15) is 5.26 Å². The van der Waals surface area contributed by atoms with Gasteiger partial charge in [-0.05, 0) is 111 Å². The molecular formula is C42H55FN4O6. The third kappa shape index (κ3) is 6.59. The van der Waals surface area contributed by atoms with Gasteiger partial charge in [-0.25, -0.2) is 4.39 Å². The van der Waals surface area contributed by atoms with E-state index in [4.69, 9.17) is 11.0 Å². The van der Waals surface area contributed by atoms with E-state index in [2.05, 4.69) is 11.9 Å². The maximum atomic E-state index is 15.3. The zero-order chi connectivity index (χ0) is 38.5. The minimum Gasteiger partial charge on any atom is -0.398 e. The van der Waals surface area contributed by atoms with Crippen LogP contribution in [0.15, 0.2) is 30.5 Å². The molecule has 8 atom stereocenters. The summed E-state index contributed by atoms with van der Waals surface area (Å²) in [6.07, 6.45) is 8.03. The third-order valence-electron chi connectivity index (χ3n) is 14.4. The second kappa shape index (κ2) is 14.5. The Balaban J connectivity index is 0.000000181. The topological polar surface area (TPSA) is 178 Å². The molecular weight excluding hydrogens is 675 g/mol. The molecule has 10 nitrogen and oxygen atoms in total. The van der Waals surface area contributed by atoms with E-state index in [0.29, 0.717) is 47.9 Å². The Hall–Kier alpha value is -3.72. The number of carbonyl (C=O) groups excluding carboxylic acids is 3. The molecule has 5 fully saturated rings. The van der Waals surface area contributed by atoms with Crippen molar-refractivity contribution < 1.29 is 34.1 Å². The lowest BCUT2D eigenvalue weighted by Crippen LogP contribution is -2.62. The number of alkyl halides is 1. The molecule has 53 heavy (non-hydrogen) atoms. The van der Waals surface area contributed by atoms with Gasteiger partial charge >= 0.3 is 0 Å². The fourth-order valence-electron chi connectivity index (χ4n) is 11.2. The SMILES string of the molecule is CCc1cc(C)c(C(=O)N2CCC(F)(c3ccc(C#N)cn3)CC2)cc1N.C[C@]12CC[C@@H](O)C[C@H]1CC[C@@H]1[C@@H]2C(=O)C[C@@]2(C)[C@H]1CC[C@]2(O)C(=O)CO. The van der Waals surface area contributed by atoms with Gasteiger partial charge in [0.1, 0.15) is 24.1 Å². The monoisotopic (exact) mass is 730 g/mol. The number of amides is 1. The van der Waals surface area contributed by atoms with Crippen molar-refractivity contribution in [2.75, 3.05) is 25.4 Å². The number of likely N-dealkylation sites (tertiary alicyclic amines) is 1. The van der Waals surface area contributed by atoms with E-state index < -0.39 is 29.1 Å². The molecule has 0 bridgehead atoms. The fraction of sp³-hybridized carbons (Fsp3) is 0.643. The van der Waals surface area contributed by atoms with E-state index in [1.165, 1.54) is 6.20 Å².